The van der Waals surface area contributed by atoms with Gasteiger partial charge >= 0.3 is 0 Å². The third-order valence-electron chi connectivity index (χ3n) is 1.45. The van der Waals surface area contributed by atoms with Gasteiger partial charge in [-0.15, -0.1) is 10.2 Å². The molecule has 0 amide bonds. The Labute approximate surface area is 71.0 Å². The van der Waals surface area contributed by atoms with Crippen LogP contribution in [0.25, 0.3) is 0 Å². The molecule has 5 nitrogen and oxygen atoms in total. The molecule has 1 rings (SSSR count). The predicted molar refractivity (Wildman–Crippen MR) is 41.9 cm³/mol. The molecule has 0 aliphatic carbocycles. The summed E-state index contributed by atoms with van der Waals surface area (Å²) in [5.41, 5.74) is -0.414. The summed E-state index contributed by atoms with van der Waals surface area (Å²) in [6, 6.07) is 2.18. The highest BCUT2D eigenvalue weighted by Gasteiger charge is 2.19. The Morgan fingerprint density at radius 3 is 2.67 bits per heavy atom. The van der Waals surface area contributed by atoms with Crippen molar-refractivity contribution in [3.63, 3.8) is 0 Å². The standard InChI is InChI=1S/C7H11N5/c1-7(2,5-8)4-6-9-11-12(3)10-6/h4H2,1-3H3. The molecule has 0 spiro atoms. The van der Waals surface area contributed by atoms with Crippen molar-refractivity contribution in [2.45, 2.75) is 20.3 Å². The van der Waals surface area contributed by atoms with Gasteiger partial charge in [0.25, 0.3) is 0 Å². The van der Waals surface area contributed by atoms with Crippen molar-refractivity contribution in [1.82, 2.24) is 20.2 Å². The van der Waals surface area contributed by atoms with Crippen LogP contribution in [0.5, 0.6) is 0 Å². The molecule has 1 heterocycles. The van der Waals surface area contributed by atoms with Crippen LogP contribution < -0.4 is 0 Å². The molecule has 1 aromatic rings. The molecular formula is C7H11N5. The minimum absolute atomic E-state index is 0.414. The normalized spacial score (nSPS) is 11.2. The smallest absolute Gasteiger partial charge is 0.176 e. The van der Waals surface area contributed by atoms with Gasteiger partial charge in [0.15, 0.2) is 5.82 Å². The third-order valence-corrected chi connectivity index (χ3v) is 1.45. The Balaban J connectivity index is 2.72. The molecule has 0 unspecified atom stereocenters. The van der Waals surface area contributed by atoms with Gasteiger partial charge in [-0.05, 0) is 19.1 Å². The summed E-state index contributed by atoms with van der Waals surface area (Å²) < 4.78 is 0. The van der Waals surface area contributed by atoms with Crippen LogP contribution in [0.1, 0.15) is 19.7 Å². The number of nitrogens with zero attached hydrogens (tertiary/aromatic N) is 5. The summed E-state index contributed by atoms with van der Waals surface area (Å²) in [4.78, 5) is 1.39. The van der Waals surface area contributed by atoms with Crippen molar-refractivity contribution in [2.75, 3.05) is 0 Å². The quantitative estimate of drug-likeness (QED) is 0.632. The lowest BCUT2D eigenvalue weighted by molar-refractivity contribution is 0.477. The Morgan fingerprint density at radius 1 is 1.58 bits per heavy atom. The van der Waals surface area contributed by atoms with E-state index in [-0.39, 0.29) is 0 Å². The molecule has 0 radical (unpaired) electrons. The van der Waals surface area contributed by atoms with E-state index in [9.17, 15) is 0 Å². The highest BCUT2D eigenvalue weighted by molar-refractivity contribution is 4.98. The zero-order valence-corrected chi connectivity index (χ0v) is 7.44. The minimum Gasteiger partial charge on any atom is -0.198 e. The molecular weight excluding hydrogens is 154 g/mol. The number of aryl methyl sites for hydroxylation is 1. The van der Waals surface area contributed by atoms with E-state index in [0.29, 0.717) is 12.2 Å². The average molecular weight is 165 g/mol. The van der Waals surface area contributed by atoms with Crippen LogP contribution in [0.3, 0.4) is 0 Å². The zero-order chi connectivity index (χ0) is 9.19. The van der Waals surface area contributed by atoms with E-state index in [1.54, 1.807) is 7.05 Å². The van der Waals surface area contributed by atoms with E-state index in [1.165, 1.54) is 4.80 Å². The maximum atomic E-state index is 8.73. The summed E-state index contributed by atoms with van der Waals surface area (Å²) in [5, 5.41) is 20.2. The van der Waals surface area contributed by atoms with Gasteiger partial charge in [0.1, 0.15) is 0 Å². The van der Waals surface area contributed by atoms with Crippen molar-refractivity contribution >= 4 is 0 Å². The number of rotatable bonds is 2. The van der Waals surface area contributed by atoms with Gasteiger partial charge in [0, 0.05) is 6.42 Å². The van der Waals surface area contributed by atoms with Gasteiger partial charge in [-0.3, -0.25) is 0 Å². The fraction of sp³-hybridized carbons (Fsp3) is 0.714. The fourth-order valence-corrected chi connectivity index (χ4v) is 0.829. The minimum atomic E-state index is -0.414. The Kier molecular flexibility index (Phi) is 2.09. The first-order chi connectivity index (χ1) is 5.53. The van der Waals surface area contributed by atoms with Gasteiger partial charge < -0.3 is 0 Å². The van der Waals surface area contributed by atoms with E-state index in [4.69, 9.17) is 5.26 Å². The first kappa shape index (κ1) is 8.65. The number of tetrazole rings is 1. The lowest BCUT2D eigenvalue weighted by atomic mass is 9.91. The highest BCUT2D eigenvalue weighted by Crippen LogP contribution is 2.17. The van der Waals surface area contributed by atoms with E-state index in [1.807, 2.05) is 13.8 Å². The molecule has 0 atom stereocenters. The Bertz CT molecular complexity index is 306. The molecule has 12 heavy (non-hydrogen) atoms. The number of hydrogen-bond donors (Lipinski definition) is 0. The topological polar surface area (TPSA) is 67.4 Å². The largest absolute Gasteiger partial charge is 0.198 e. The first-order valence-corrected chi connectivity index (χ1v) is 3.68. The van der Waals surface area contributed by atoms with Crippen molar-refractivity contribution < 1.29 is 0 Å². The maximum absolute atomic E-state index is 8.73. The SMILES string of the molecule is Cn1nnc(CC(C)(C)C#N)n1. The van der Waals surface area contributed by atoms with Crippen LogP contribution in [0.15, 0.2) is 0 Å². The van der Waals surface area contributed by atoms with Crippen LogP contribution >= 0.6 is 0 Å². The number of nitriles is 1. The number of hydrogen-bond acceptors (Lipinski definition) is 4. The lowest BCUT2D eigenvalue weighted by Crippen LogP contribution is -2.13. The van der Waals surface area contributed by atoms with Crippen molar-refractivity contribution in [1.29, 1.82) is 5.26 Å². The predicted octanol–water partition coefficient (Wildman–Crippen LogP) is 0.302. The second kappa shape index (κ2) is 2.89. The number of aromatic nitrogens is 4. The van der Waals surface area contributed by atoms with Crippen LogP contribution in [0.4, 0.5) is 0 Å². The van der Waals surface area contributed by atoms with Crippen molar-refractivity contribution in [3.8, 4) is 6.07 Å². The van der Waals surface area contributed by atoms with E-state index in [0.717, 1.165) is 0 Å². The van der Waals surface area contributed by atoms with Crippen molar-refractivity contribution in [3.05, 3.63) is 5.82 Å². The fourth-order valence-electron chi connectivity index (χ4n) is 0.829. The van der Waals surface area contributed by atoms with Gasteiger partial charge in [0.05, 0.1) is 18.5 Å². The molecule has 0 aliphatic heterocycles. The van der Waals surface area contributed by atoms with Gasteiger partial charge in [0.2, 0.25) is 0 Å². The van der Waals surface area contributed by atoms with Crippen molar-refractivity contribution in [2.24, 2.45) is 12.5 Å². The molecule has 0 aliphatic rings. The molecule has 0 fully saturated rings. The molecule has 64 valence electrons. The molecule has 0 saturated heterocycles. The van der Waals surface area contributed by atoms with Crippen LogP contribution in [-0.2, 0) is 13.5 Å². The summed E-state index contributed by atoms with van der Waals surface area (Å²) >= 11 is 0. The lowest BCUT2D eigenvalue weighted by Gasteiger charge is -2.10. The molecule has 0 saturated carbocycles. The molecule has 0 aromatic carbocycles. The van der Waals surface area contributed by atoms with Gasteiger partial charge in [-0.2, -0.15) is 10.1 Å². The highest BCUT2D eigenvalue weighted by atomic mass is 15.6. The summed E-state index contributed by atoms with van der Waals surface area (Å²) in [5.74, 6) is 0.615. The Morgan fingerprint density at radius 2 is 2.25 bits per heavy atom. The second-order valence-corrected chi connectivity index (χ2v) is 3.37. The monoisotopic (exact) mass is 165 g/mol. The van der Waals surface area contributed by atoms with Gasteiger partial charge in [-0.25, -0.2) is 0 Å². The van der Waals surface area contributed by atoms with E-state index >= 15 is 0 Å². The summed E-state index contributed by atoms with van der Waals surface area (Å²) in [6.07, 6.45) is 0.539. The molecule has 0 N–H and O–H groups in total. The zero-order valence-electron chi connectivity index (χ0n) is 7.44. The summed E-state index contributed by atoms with van der Waals surface area (Å²) in [6.45, 7) is 3.70. The second-order valence-electron chi connectivity index (χ2n) is 3.37. The van der Waals surface area contributed by atoms with E-state index < -0.39 is 5.41 Å². The van der Waals surface area contributed by atoms with Gasteiger partial charge in [-0.1, -0.05) is 0 Å². The molecule has 0 bridgehead atoms. The van der Waals surface area contributed by atoms with Crippen LogP contribution in [-0.4, -0.2) is 20.2 Å². The van der Waals surface area contributed by atoms with Crippen LogP contribution in [0, 0.1) is 16.7 Å². The van der Waals surface area contributed by atoms with E-state index in [2.05, 4.69) is 21.5 Å². The first-order valence-electron chi connectivity index (χ1n) is 3.68. The third kappa shape index (κ3) is 2.02. The Hall–Kier alpha value is -1.44. The summed E-state index contributed by atoms with van der Waals surface area (Å²) in [7, 11) is 1.70. The molecule has 5 heteroatoms. The maximum Gasteiger partial charge on any atom is 0.176 e. The molecule has 1 aromatic heterocycles. The van der Waals surface area contributed by atoms with Crippen LogP contribution in [0.2, 0.25) is 0 Å². The average Bonchev–Trinajstić information content (AvgIpc) is 2.35.